The van der Waals surface area contributed by atoms with Crippen LogP contribution in [0, 0.1) is 0 Å². The maximum Gasteiger partial charge on any atom is 0.231 e. The molecule has 0 aliphatic rings. The maximum absolute atomic E-state index is 10.9. The highest BCUT2D eigenvalue weighted by Gasteiger charge is 2.12. The van der Waals surface area contributed by atoms with Crippen LogP contribution in [0.2, 0.25) is 0 Å². The summed E-state index contributed by atoms with van der Waals surface area (Å²) >= 11 is 11.3. The van der Waals surface area contributed by atoms with Gasteiger partial charge >= 0.3 is 0 Å². The summed E-state index contributed by atoms with van der Waals surface area (Å²) < 4.78 is 0. The predicted octanol–water partition coefficient (Wildman–Crippen LogP) is -0.961. The lowest BCUT2D eigenvalue weighted by Gasteiger charge is -2.25. The quantitative estimate of drug-likeness (QED) is 0.481. The summed E-state index contributed by atoms with van der Waals surface area (Å²) in [6.45, 7) is 2.60. The van der Waals surface area contributed by atoms with E-state index in [4.69, 9.17) is 34.7 Å². The fraction of sp³-hybridized carbons (Fsp3) is 0.800. The second-order valence-electron chi connectivity index (χ2n) is 3.86. The molecule has 2 amide bonds. The number of carbonyl (C=O) groups is 2. The highest BCUT2D eigenvalue weighted by molar-refractivity contribution is 6.18. The average molecular weight is 299 g/mol. The number of halogens is 2. The molecule has 0 bridgehead atoms. The van der Waals surface area contributed by atoms with Gasteiger partial charge in [0.15, 0.2) is 0 Å². The van der Waals surface area contributed by atoms with Crippen molar-refractivity contribution in [2.45, 2.75) is 0 Å². The van der Waals surface area contributed by atoms with Crippen LogP contribution in [0.15, 0.2) is 0 Å². The minimum atomic E-state index is -0.404. The number of hydrogen-bond acceptors (Lipinski definition) is 4. The van der Waals surface area contributed by atoms with Crippen LogP contribution in [0.5, 0.6) is 0 Å². The Bertz CT molecular complexity index is 240. The van der Waals surface area contributed by atoms with Crippen molar-refractivity contribution in [3.05, 3.63) is 0 Å². The lowest BCUT2D eigenvalue weighted by atomic mass is 10.4. The summed E-state index contributed by atoms with van der Waals surface area (Å²) in [5.74, 6) is 0.0230. The first-order valence-electron chi connectivity index (χ1n) is 5.62. The molecule has 0 radical (unpaired) electrons. The van der Waals surface area contributed by atoms with Gasteiger partial charge in [-0.3, -0.25) is 19.4 Å². The van der Waals surface area contributed by atoms with Gasteiger partial charge in [-0.1, -0.05) is 0 Å². The molecule has 0 saturated carbocycles. The Kier molecular flexibility index (Phi) is 10.0. The van der Waals surface area contributed by atoms with Gasteiger partial charge in [0.25, 0.3) is 0 Å². The van der Waals surface area contributed by atoms with Gasteiger partial charge in [0.05, 0.1) is 13.1 Å². The first-order valence-corrected chi connectivity index (χ1v) is 6.69. The smallest absolute Gasteiger partial charge is 0.231 e. The van der Waals surface area contributed by atoms with E-state index in [1.54, 1.807) is 0 Å². The number of nitrogens with two attached hydrogens (primary N) is 2. The van der Waals surface area contributed by atoms with Crippen LogP contribution >= 0.6 is 23.2 Å². The van der Waals surface area contributed by atoms with Gasteiger partial charge in [-0.05, 0) is 0 Å². The molecule has 0 spiro atoms. The molecule has 8 heteroatoms. The largest absolute Gasteiger partial charge is 0.369 e. The lowest BCUT2D eigenvalue weighted by Crippen LogP contribution is -2.43. The normalized spacial score (nSPS) is 11.1. The van der Waals surface area contributed by atoms with Crippen molar-refractivity contribution >= 4 is 35.0 Å². The molecule has 6 nitrogen and oxygen atoms in total. The number of nitrogens with zero attached hydrogens (tertiary/aromatic N) is 2. The Hall–Kier alpha value is -0.560. The van der Waals surface area contributed by atoms with Crippen molar-refractivity contribution in [2.24, 2.45) is 11.5 Å². The van der Waals surface area contributed by atoms with Crippen molar-refractivity contribution in [1.82, 2.24) is 9.80 Å². The monoisotopic (exact) mass is 298 g/mol. The summed E-state index contributed by atoms with van der Waals surface area (Å²) in [7, 11) is 0. The van der Waals surface area contributed by atoms with Gasteiger partial charge in [-0.2, -0.15) is 0 Å². The summed E-state index contributed by atoms with van der Waals surface area (Å²) in [4.78, 5) is 25.4. The molecule has 0 aliphatic carbocycles. The van der Waals surface area contributed by atoms with Gasteiger partial charge < -0.3 is 11.5 Å². The summed E-state index contributed by atoms with van der Waals surface area (Å²) in [6.07, 6.45) is 0. The minimum absolute atomic E-state index is 0.151. The van der Waals surface area contributed by atoms with Crippen molar-refractivity contribution in [2.75, 3.05) is 51.0 Å². The van der Waals surface area contributed by atoms with Crippen LogP contribution in [-0.2, 0) is 9.59 Å². The van der Waals surface area contributed by atoms with Gasteiger partial charge in [0.1, 0.15) is 0 Å². The van der Waals surface area contributed by atoms with E-state index in [0.29, 0.717) is 37.9 Å². The van der Waals surface area contributed by atoms with Crippen LogP contribution in [0.3, 0.4) is 0 Å². The number of primary amides is 2. The molecule has 4 N–H and O–H groups in total. The minimum Gasteiger partial charge on any atom is -0.369 e. The first-order chi connectivity index (χ1) is 8.49. The summed E-state index contributed by atoms with van der Waals surface area (Å²) in [5, 5.41) is 0. The molecule has 18 heavy (non-hydrogen) atoms. The number of alkyl halides is 2. The maximum atomic E-state index is 10.9. The van der Waals surface area contributed by atoms with Crippen LogP contribution < -0.4 is 11.5 Å². The topological polar surface area (TPSA) is 92.7 Å². The van der Waals surface area contributed by atoms with Crippen LogP contribution in [-0.4, -0.2) is 72.6 Å². The Balaban J connectivity index is 4.16. The van der Waals surface area contributed by atoms with E-state index < -0.39 is 11.8 Å². The Morgan fingerprint density at radius 1 is 0.778 bits per heavy atom. The third-order valence-electron chi connectivity index (χ3n) is 2.29. The lowest BCUT2D eigenvalue weighted by molar-refractivity contribution is -0.120. The molecule has 106 valence electrons. The highest BCUT2D eigenvalue weighted by Crippen LogP contribution is 1.95. The van der Waals surface area contributed by atoms with Gasteiger partial charge in [0.2, 0.25) is 11.8 Å². The van der Waals surface area contributed by atoms with Crippen molar-refractivity contribution < 1.29 is 9.59 Å². The van der Waals surface area contributed by atoms with Crippen LogP contribution in [0.1, 0.15) is 0 Å². The van der Waals surface area contributed by atoms with Gasteiger partial charge in [-0.25, -0.2) is 0 Å². The number of amides is 2. The van der Waals surface area contributed by atoms with E-state index in [0.717, 1.165) is 0 Å². The van der Waals surface area contributed by atoms with Crippen molar-refractivity contribution in [3.8, 4) is 0 Å². The second kappa shape index (κ2) is 10.4. The van der Waals surface area contributed by atoms with E-state index in [1.165, 1.54) is 0 Å². The summed E-state index contributed by atoms with van der Waals surface area (Å²) in [5.41, 5.74) is 10.3. The predicted molar refractivity (Wildman–Crippen MR) is 72.7 cm³/mol. The Morgan fingerprint density at radius 2 is 1.11 bits per heavy atom. The Labute approximate surface area is 117 Å². The summed E-state index contributed by atoms with van der Waals surface area (Å²) in [6, 6.07) is 0. The molecule has 0 rings (SSSR count). The number of carbonyl (C=O) groups excluding carboxylic acids is 2. The molecule has 0 aliphatic heterocycles. The number of hydrogen-bond donors (Lipinski definition) is 2. The zero-order valence-electron chi connectivity index (χ0n) is 10.3. The third-order valence-corrected chi connectivity index (χ3v) is 2.63. The Morgan fingerprint density at radius 3 is 1.33 bits per heavy atom. The third kappa shape index (κ3) is 9.47. The van der Waals surface area contributed by atoms with Crippen LogP contribution in [0.4, 0.5) is 0 Å². The molecule has 0 unspecified atom stereocenters. The molecule has 0 aromatic heterocycles. The average Bonchev–Trinajstić information content (AvgIpc) is 2.24. The number of rotatable bonds is 11. The fourth-order valence-electron chi connectivity index (χ4n) is 1.50. The van der Waals surface area contributed by atoms with Gasteiger partial charge in [-0.15, -0.1) is 23.2 Å². The van der Waals surface area contributed by atoms with Crippen molar-refractivity contribution in [1.29, 1.82) is 0 Å². The molecule has 0 aromatic rings. The zero-order valence-corrected chi connectivity index (χ0v) is 11.8. The van der Waals surface area contributed by atoms with E-state index >= 15 is 0 Å². The molecule has 0 heterocycles. The van der Waals surface area contributed by atoms with E-state index in [9.17, 15) is 9.59 Å². The van der Waals surface area contributed by atoms with E-state index in [1.807, 2.05) is 9.80 Å². The fourth-order valence-corrected chi connectivity index (χ4v) is 1.98. The highest BCUT2D eigenvalue weighted by atomic mass is 35.5. The molecular weight excluding hydrogens is 279 g/mol. The molecule has 0 fully saturated rings. The standard InChI is InChI=1S/C10H20Cl2N4O2/c11-1-3-15(7-9(13)17)5-6-16(4-2-12)8-10(14)18/h1-8H2,(H2,13,17)(H2,14,18). The van der Waals surface area contributed by atoms with Gasteiger partial charge in [0, 0.05) is 37.9 Å². The second-order valence-corrected chi connectivity index (χ2v) is 4.62. The van der Waals surface area contributed by atoms with E-state index in [2.05, 4.69) is 0 Å². The SMILES string of the molecule is NC(=O)CN(CCCl)CCN(CCCl)CC(N)=O. The molecular formula is C10H20Cl2N4O2. The van der Waals surface area contributed by atoms with Crippen LogP contribution in [0.25, 0.3) is 0 Å². The first kappa shape index (κ1) is 17.4. The molecule has 0 aromatic carbocycles. The molecule has 0 saturated heterocycles. The zero-order chi connectivity index (χ0) is 14.0. The molecule has 0 atom stereocenters. The van der Waals surface area contributed by atoms with Crippen molar-refractivity contribution in [3.63, 3.8) is 0 Å². The van der Waals surface area contributed by atoms with E-state index in [-0.39, 0.29) is 13.1 Å².